The molecule has 0 unspecified atom stereocenters. The van der Waals surface area contributed by atoms with Gasteiger partial charge < -0.3 is 10.2 Å². The minimum Gasteiger partial charge on any atom is -0.397 e. The van der Waals surface area contributed by atoms with Crippen LogP contribution in [0, 0.1) is 0 Å². The van der Waals surface area contributed by atoms with Crippen LogP contribution in [0.5, 0.6) is 0 Å². The second kappa shape index (κ2) is 7.60. The van der Waals surface area contributed by atoms with E-state index in [1.54, 1.807) is 6.92 Å². The average Bonchev–Trinajstić information content (AvgIpc) is 2.41. The van der Waals surface area contributed by atoms with Crippen molar-refractivity contribution in [1.29, 1.82) is 0 Å². The van der Waals surface area contributed by atoms with Crippen molar-refractivity contribution in [3.8, 4) is 0 Å². The number of hydrogen-bond acceptors (Lipinski definition) is 2. The molecule has 0 aromatic heterocycles. The van der Waals surface area contributed by atoms with Crippen LogP contribution in [0.2, 0.25) is 0 Å². The minimum atomic E-state index is -0.516. The molecule has 0 bridgehead atoms. The Labute approximate surface area is 102 Å². The SMILES string of the molecule is CCO.OC(c1ccccc1)c1ccccc1. The summed E-state index contributed by atoms with van der Waals surface area (Å²) in [6.07, 6.45) is -0.516. The highest BCUT2D eigenvalue weighted by Gasteiger charge is 2.07. The van der Waals surface area contributed by atoms with E-state index < -0.39 is 6.10 Å². The fraction of sp³-hybridized carbons (Fsp3) is 0.200. The molecule has 2 nitrogen and oxygen atoms in total. The third-order valence-corrected chi connectivity index (χ3v) is 2.23. The van der Waals surface area contributed by atoms with Gasteiger partial charge in [-0.1, -0.05) is 60.7 Å². The van der Waals surface area contributed by atoms with Crippen molar-refractivity contribution in [2.45, 2.75) is 13.0 Å². The van der Waals surface area contributed by atoms with E-state index in [0.717, 1.165) is 11.1 Å². The van der Waals surface area contributed by atoms with Gasteiger partial charge in [0.2, 0.25) is 0 Å². The minimum absolute atomic E-state index is 0.250. The van der Waals surface area contributed by atoms with E-state index in [1.165, 1.54) is 0 Å². The van der Waals surface area contributed by atoms with Gasteiger partial charge in [0.25, 0.3) is 0 Å². The van der Waals surface area contributed by atoms with E-state index in [4.69, 9.17) is 5.11 Å². The van der Waals surface area contributed by atoms with Gasteiger partial charge in [0.05, 0.1) is 0 Å². The van der Waals surface area contributed by atoms with Crippen LogP contribution in [0.4, 0.5) is 0 Å². The lowest BCUT2D eigenvalue weighted by atomic mass is 10.0. The second-order valence-corrected chi connectivity index (χ2v) is 3.54. The van der Waals surface area contributed by atoms with Gasteiger partial charge in [0, 0.05) is 6.61 Å². The average molecular weight is 230 g/mol. The summed E-state index contributed by atoms with van der Waals surface area (Å²) in [7, 11) is 0. The molecule has 0 radical (unpaired) electrons. The van der Waals surface area contributed by atoms with Crippen molar-refractivity contribution in [1.82, 2.24) is 0 Å². The van der Waals surface area contributed by atoms with E-state index in [1.807, 2.05) is 60.7 Å². The molecule has 0 aliphatic heterocycles. The van der Waals surface area contributed by atoms with Crippen molar-refractivity contribution < 1.29 is 10.2 Å². The van der Waals surface area contributed by atoms with Crippen molar-refractivity contribution in [2.75, 3.05) is 6.61 Å². The number of aliphatic hydroxyl groups excluding tert-OH is 2. The molecule has 2 heteroatoms. The first-order valence-electron chi connectivity index (χ1n) is 5.68. The highest BCUT2D eigenvalue weighted by molar-refractivity contribution is 5.29. The van der Waals surface area contributed by atoms with Gasteiger partial charge in [-0.2, -0.15) is 0 Å². The molecule has 90 valence electrons. The van der Waals surface area contributed by atoms with Gasteiger partial charge in [-0.3, -0.25) is 0 Å². The van der Waals surface area contributed by atoms with E-state index in [2.05, 4.69) is 0 Å². The van der Waals surface area contributed by atoms with Crippen LogP contribution in [0.25, 0.3) is 0 Å². The smallest absolute Gasteiger partial charge is 0.104 e. The van der Waals surface area contributed by atoms with Crippen LogP contribution in [-0.2, 0) is 0 Å². The fourth-order valence-electron chi connectivity index (χ4n) is 1.46. The van der Waals surface area contributed by atoms with Crippen LogP contribution >= 0.6 is 0 Å². The lowest BCUT2D eigenvalue weighted by molar-refractivity contribution is 0.220. The van der Waals surface area contributed by atoms with E-state index in [9.17, 15) is 5.11 Å². The Hall–Kier alpha value is -1.64. The Balaban J connectivity index is 0.000000437. The van der Waals surface area contributed by atoms with E-state index >= 15 is 0 Å². The van der Waals surface area contributed by atoms with Crippen LogP contribution < -0.4 is 0 Å². The van der Waals surface area contributed by atoms with Crippen molar-refractivity contribution in [3.05, 3.63) is 71.8 Å². The monoisotopic (exact) mass is 230 g/mol. The summed E-state index contributed by atoms with van der Waals surface area (Å²) in [5, 5.41) is 17.6. The third kappa shape index (κ3) is 4.39. The molecule has 17 heavy (non-hydrogen) atoms. The molecule has 0 aliphatic rings. The van der Waals surface area contributed by atoms with Gasteiger partial charge in [0.1, 0.15) is 6.10 Å². The molecule has 0 fully saturated rings. The molecule has 2 aromatic rings. The number of hydrogen-bond donors (Lipinski definition) is 2. The van der Waals surface area contributed by atoms with Gasteiger partial charge in [-0.25, -0.2) is 0 Å². The first-order valence-corrected chi connectivity index (χ1v) is 5.68. The first-order chi connectivity index (χ1) is 8.29. The quantitative estimate of drug-likeness (QED) is 0.832. The highest BCUT2D eigenvalue weighted by Crippen LogP contribution is 2.20. The Morgan fingerprint density at radius 3 is 1.41 bits per heavy atom. The molecular weight excluding hydrogens is 212 g/mol. The summed E-state index contributed by atoms with van der Waals surface area (Å²) < 4.78 is 0. The summed E-state index contributed by atoms with van der Waals surface area (Å²) in [4.78, 5) is 0. The second-order valence-electron chi connectivity index (χ2n) is 3.54. The Bertz CT molecular complexity index is 358. The van der Waals surface area contributed by atoms with E-state index in [-0.39, 0.29) is 6.61 Å². The molecule has 2 aromatic carbocycles. The third-order valence-electron chi connectivity index (χ3n) is 2.23. The van der Waals surface area contributed by atoms with E-state index in [0.29, 0.717) is 0 Å². The maximum atomic E-state index is 9.99. The Morgan fingerprint density at radius 1 is 0.824 bits per heavy atom. The standard InChI is InChI=1S/C13H12O.C2H6O/c14-13(11-7-3-1-4-8-11)12-9-5-2-6-10-12;1-2-3/h1-10,13-14H;3H,2H2,1H3. The van der Waals surface area contributed by atoms with Gasteiger partial charge in [-0.05, 0) is 18.1 Å². The van der Waals surface area contributed by atoms with Crippen molar-refractivity contribution in [2.24, 2.45) is 0 Å². The predicted octanol–water partition coefficient (Wildman–Crippen LogP) is 2.77. The maximum absolute atomic E-state index is 9.99. The zero-order valence-corrected chi connectivity index (χ0v) is 9.95. The lowest BCUT2D eigenvalue weighted by Crippen LogP contribution is -1.98. The fourth-order valence-corrected chi connectivity index (χ4v) is 1.46. The Morgan fingerprint density at radius 2 is 1.12 bits per heavy atom. The molecule has 0 saturated heterocycles. The molecule has 0 spiro atoms. The van der Waals surface area contributed by atoms with Crippen LogP contribution in [0.1, 0.15) is 24.2 Å². The summed E-state index contributed by atoms with van der Waals surface area (Å²) in [5.74, 6) is 0. The lowest BCUT2D eigenvalue weighted by Gasteiger charge is -2.10. The normalized spacial score (nSPS) is 9.65. The van der Waals surface area contributed by atoms with Crippen molar-refractivity contribution in [3.63, 3.8) is 0 Å². The zero-order valence-electron chi connectivity index (χ0n) is 9.95. The Kier molecular flexibility index (Phi) is 6.00. The largest absolute Gasteiger partial charge is 0.397 e. The molecular formula is C15H18O2. The molecule has 0 amide bonds. The summed E-state index contributed by atoms with van der Waals surface area (Å²) >= 11 is 0. The van der Waals surface area contributed by atoms with Gasteiger partial charge in [-0.15, -0.1) is 0 Å². The van der Waals surface area contributed by atoms with Gasteiger partial charge in [0.15, 0.2) is 0 Å². The molecule has 0 atom stereocenters. The predicted molar refractivity (Wildman–Crippen MR) is 69.7 cm³/mol. The van der Waals surface area contributed by atoms with Crippen LogP contribution in [0.15, 0.2) is 60.7 Å². The highest BCUT2D eigenvalue weighted by atomic mass is 16.3. The number of aliphatic hydroxyl groups is 2. The summed E-state index contributed by atoms with van der Waals surface area (Å²) in [6, 6.07) is 19.3. The molecule has 2 N–H and O–H groups in total. The summed E-state index contributed by atoms with van der Waals surface area (Å²) in [5.41, 5.74) is 1.86. The van der Waals surface area contributed by atoms with Crippen LogP contribution in [0.3, 0.4) is 0 Å². The molecule has 2 rings (SSSR count). The van der Waals surface area contributed by atoms with Crippen molar-refractivity contribution >= 4 is 0 Å². The first kappa shape index (κ1) is 13.4. The molecule has 0 heterocycles. The molecule has 0 saturated carbocycles. The maximum Gasteiger partial charge on any atom is 0.104 e. The molecule has 0 aliphatic carbocycles. The topological polar surface area (TPSA) is 40.5 Å². The van der Waals surface area contributed by atoms with Gasteiger partial charge >= 0.3 is 0 Å². The summed E-state index contributed by atoms with van der Waals surface area (Å²) in [6.45, 7) is 1.93. The number of benzene rings is 2. The number of rotatable bonds is 2. The zero-order chi connectivity index (χ0) is 12.5. The van der Waals surface area contributed by atoms with Crippen LogP contribution in [-0.4, -0.2) is 16.8 Å².